The van der Waals surface area contributed by atoms with Gasteiger partial charge in [-0.1, -0.05) is 30.7 Å². The third-order valence-electron chi connectivity index (χ3n) is 5.27. The van der Waals surface area contributed by atoms with Gasteiger partial charge in [0.05, 0.1) is 6.54 Å². The van der Waals surface area contributed by atoms with E-state index >= 15 is 0 Å². The van der Waals surface area contributed by atoms with E-state index in [1.807, 2.05) is 39.0 Å². The van der Waals surface area contributed by atoms with Gasteiger partial charge in [-0.15, -0.1) is 0 Å². The quantitative estimate of drug-likeness (QED) is 0.369. The highest BCUT2D eigenvalue weighted by Crippen LogP contribution is 2.16. The molecular formula is C27H30N4O3. The molecule has 0 heterocycles. The second kappa shape index (κ2) is 11.7. The highest BCUT2D eigenvalue weighted by atomic mass is 16.2. The molecule has 3 rings (SSSR count). The average Bonchev–Trinajstić information content (AvgIpc) is 2.83. The van der Waals surface area contributed by atoms with Crippen LogP contribution in [0.3, 0.4) is 0 Å². The van der Waals surface area contributed by atoms with Gasteiger partial charge in [-0.2, -0.15) is 0 Å². The van der Waals surface area contributed by atoms with Gasteiger partial charge in [-0.05, 0) is 74.9 Å². The van der Waals surface area contributed by atoms with E-state index in [2.05, 4.69) is 21.3 Å². The number of rotatable bonds is 9. The van der Waals surface area contributed by atoms with Crippen molar-refractivity contribution in [1.29, 1.82) is 0 Å². The fraction of sp³-hybridized carbons (Fsp3) is 0.222. The summed E-state index contributed by atoms with van der Waals surface area (Å²) in [5.41, 5.74) is 4.07. The average molecular weight is 459 g/mol. The maximum Gasteiger partial charge on any atom is 0.255 e. The summed E-state index contributed by atoms with van der Waals surface area (Å²) in [5.74, 6) is -0.585. The number of hydrogen-bond acceptors (Lipinski definition) is 4. The minimum atomic E-state index is -0.240. The predicted molar refractivity (Wildman–Crippen MR) is 136 cm³/mol. The molecule has 4 N–H and O–H groups in total. The first kappa shape index (κ1) is 24.5. The molecule has 3 amide bonds. The second-order valence-electron chi connectivity index (χ2n) is 8.17. The van der Waals surface area contributed by atoms with Crippen molar-refractivity contribution in [2.75, 3.05) is 22.5 Å². The molecule has 0 aliphatic heterocycles. The van der Waals surface area contributed by atoms with Gasteiger partial charge in [0.1, 0.15) is 0 Å². The summed E-state index contributed by atoms with van der Waals surface area (Å²) in [7, 11) is 0. The molecule has 7 nitrogen and oxygen atoms in total. The van der Waals surface area contributed by atoms with Crippen molar-refractivity contribution in [2.24, 2.45) is 0 Å². The molecule has 34 heavy (non-hydrogen) atoms. The van der Waals surface area contributed by atoms with E-state index < -0.39 is 0 Å². The Kier molecular flexibility index (Phi) is 8.40. The Morgan fingerprint density at radius 3 is 2.09 bits per heavy atom. The normalized spacial score (nSPS) is 11.3. The van der Waals surface area contributed by atoms with Crippen LogP contribution in [-0.2, 0) is 4.79 Å². The molecule has 0 saturated carbocycles. The number of aryl methyl sites for hydroxylation is 1. The van der Waals surface area contributed by atoms with E-state index in [9.17, 15) is 14.4 Å². The number of nitrogens with one attached hydrogen (secondary N) is 4. The molecule has 0 aliphatic carbocycles. The number of carbonyl (C=O) groups is 3. The number of anilines is 3. The zero-order valence-electron chi connectivity index (χ0n) is 19.6. The Bertz CT molecular complexity index is 1160. The van der Waals surface area contributed by atoms with Gasteiger partial charge in [0.2, 0.25) is 5.91 Å². The molecule has 176 valence electrons. The number of carbonyl (C=O) groups excluding carboxylic acids is 3. The monoisotopic (exact) mass is 458 g/mol. The SMILES string of the molecule is CCC(C)NC(=O)c1cccc(NC(=O)CNc2ccc(NC(=O)c3cccc(C)c3)cc2)c1. The Balaban J connectivity index is 1.50. The van der Waals surface area contributed by atoms with Crippen LogP contribution in [0.15, 0.2) is 72.8 Å². The number of hydrogen-bond donors (Lipinski definition) is 4. The van der Waals surface area contributed by atoms with E-state index in [0.717, 1.165) is 17.7 Å². The molecule has 3 aromatic rings. The largest absolute Gasteiger partial charge is 0.376 e. The molecule has 0 spiro atoms. The molecule has 3 aromatic carbocycles. The van der Waals surface area contributed by atoms with Crippen molar-refractivity contribution in [2.45, 2.75) is 33.2 Å². The van der Waals surface area contributed by atoms with E-state index in [0.29, 0.717) is 22.5 Å². The highest BCUT2D eigenvalue weighted by molar-refractivity contribution is 6.04. The van der Waals surface area contributed by atoms with Crippen LogP contribution in [0, 0.1) is 6.92 Å². The van der Waals surface area contributed by atoms with Crippen molar-refractivity contribution >= 4 is 34.8 Å². The van der Waals surface area contributed by atoms with Crippen LogP contribution in [0.4, 0.5) is 17.1 Å². The third kappa shape index (κ3) is 7.20. The first-order valence-electron chi connectivity index (χ1n) is 11.3. The first-order valence-corrected chi connectivity index (χ1v) is 11.3. The maximum atomic E-state index is 12.4. The summed E-state index contributed by atoms with van der Waals surface area (Å²) in [4.78, 5) is 37.0. The van der Waals surface area contributed by atoms with Gasteiger partial charge in [-0.3, -0.25) is 14.4 Å². The summed E-state index contributed by atoms with van der Waals surface area (Å²) in [6.07, 6.45) is 0.841. The molecule has 0 aromatic heterocycles. The van der Waals surface area contributed by atoms with Gasteiger partial charge in [0.25, 0.3) is 11.8 Å². The predicted octanol–water partition coefficient (Wildman–Crippen LogP) is 4.83. The smallest absolute Gasteiger partial charge is 0.255 e. The van der Waals surface area contributed by atoms with Crippen molar-refractivity contribution < 1.29 is 14.4 Å². The Morgan fingerprint density at radius 2 is 1.41 bits per heavy atom. The van der Waals surface area contributed by atoms with Gasteiger partial charge < -0.3 is 21.3 Å². The van der Waals surface area contributed by atoms with Crippen molar-refractivity contribution in [3.05, 3.63) is 89.5 Å². The van der Waals surface area contributed by atoms with Crippen LogP contribution >= 0.6 is 0 Å². The van der Waals surface area contributed by atoms with Gasteiger partial charge in [0.15, 0.2) is 0 Å². The Labute approximate surface area is 200 Å². The van der Waals surface area contributed by atoms with E-state index in [4.69, 9.17) is 0 Å². The fourth-order valence-corrected chi connectivity index (χ4v) is 3.20. The van der Waals surface area contributed by atoms with Crippen LogP contribution < -0.4 is 21.3 Å². The first-order chi connectivity index (χ1) is 16.3. The van der Waals surface area contributed by atoms with Crippen molar-refractivity contribution in [3.8, 4) is 0 Å². The van der Waals surface area contributed by atoms with Gasteiger partial charge >= 0.3 is 0 Å². The zero-order chi connectivity index (χ0) is 24.5. The number of benzene rings is 3. The topological polar surface area (TPSA) is 99.3 Å². The lowest BCUT2D eigenvalue weighted by Crippen LogP contribution is -2.32. The maximum absolute atomic E-state index is 12.4. The van der Waals surface area contributed by atoms with Crippen LogP contribution in [0.1, 0.15) is 46.5 Å². The van der Waals surface area contributed by atoms with Crippen molar-refractivity contribution in [3.63, 3.8) is 0 Å². The van der Waals surface area contributed by atoms with Crippen LogP contribution in [0.5, 0.6) is 0 Å². The Hall–Kier alpha value is -4.13. The number of amides is 3. The lowest BCUT2D eigenvalue weighted by Gasteiger charge is -2.13. The second-order valence-corrected chi connectivity index (χ2v) is 8.17. The molecule has 0 fully saturated rings. The third-order valence-corrected chi connectivity index (χ3v) is 5.27. The summed E-state index contributed by atoms with van der Waals surface area (Å²) >= 11 is 0. The molecular weight excluding hydrogens is 428 g/mol. The Morgan fingerprint density at radius 1 is 0.765 bits per heavy atom. The van der Waals surface area contributed by atoms with Crippen LogP contribution in [0.2, 0.25) is 0 Å². The standard InChI is InChI=1S/C27H30N4O3/c1-4-19(3)29-26(33)21-9-6-10-24(16-21)30-25(32)17-28-22-11-13-23(14-12-22)31-27(34)20-8-5-7-18(2)15-20/h5-16,19,28H,4,17H2,1-3H3,(H,29,33)(H,30,32)(H,31,34). The van der Waals surface area contributed by atoms with E-state index in [-0.39, 0.29) is 30.3 Å². The van der Waals surface area contributed by atoms with E-state index in [1.54, 1.807) is 54.6 Å². The molecule has 0 bridgehead atoms. The molecule has 1 unspecified atom stereocenters. The summed E-state index contributed by atoms with van der Waals surface area (Å²) in [5, 5.41) is 11.6. The molecule has 7 heteroatoms. The minimum absolute atomic E-state index is 0.0539. The lowest BCUT2D eigenvalue weighted by molar-refractivity contribution is -0.114. The highest BCUT2D eigenvalue weighted by Gasteiger charge is 2.10. The van der Waals surface area contributed by atoms with Crippen LogP contribution in [0.25, 0.3) is 0 Å². The molecule has 0 radical (unpaired) electrons. The molecule has 0 saturated heterocycles. The summed E-state index contributed by atoms with van der Waals surface area (Å²) in [6, 6.07) is 21.4. The molecule has 0 aliphatic rings. The summed E-state index contributed by atoms with van der Waals surface area (Å²) in [6.45, 7) is 5.94. The molecule has 1 atom stereocenters. The van der Waals surface area contributed by atoms with E-state index in [1.165, 1.54) is 0 Å². The lowest BCUT2D eigenvalue weighted by atomic mass is 10.1. The zero-order valence-corrected chi connectivity index (χ0v) is 19.6. The fourth-order valence-electron chi connectivity index (χ4n) is 3.20. The van der Waals surface area contributed by atoms with Gasteiger partial charge in [0, 0.05) is 34.2 Å². The van der Waals surface area contributed by atoms with Crippen LogP contribution in [-0.4, -0.2) is 30.3 Å². The van der Waals surface area contributed by atoms with Gasteiger partial charge in [-0.25, -0.2) is 0 Å². The summed E-state index contributed by atoms with van der Waals surface area (Å²) < 4.78 is 0. The van der Waals surface area contributed by atoms with Crippen molar-refractivity contribution in [1.82, 2.24) is 5.32 Å². The minimum Gasteiger partial charge on any atom is -0.376 e.